The molecule has 0 fully saturated rings. The molecule has 0 aliphatic rings. The van der Waals surface area contributed by atoms with Crippen LogP contribution in [-0.2, 0) is 6.54 Å². The minimum atomic E-state index is -1.08. The van der Waals surface area contributed by atoms with Crippen LogP contribution >= 0.6 is 0 Å². The van der Waals surface area contributed by atoms with E-state index in [1.165, 1.54) is 17.1 Å². The Hall–Kier alpha value is -2.75. The average Bonchev–Trinajstić information content (AvgIpc) is 2.77. The predicted molar refractivity (Wildman–Crippen MR) is 55.0 cm³/mol. The fourth-order valence-electron chi connectivity index (χ4n) is 1.27. The monoisotopic (exact) mass is 229 g/mol. The molecule has 0 aliphatic carbocycles. The Morgan fingerprint density at radius 3 is 3.00 bits per heavy atom. The Kier molecular flexibility index (Phi) is 2.79. The molecular formula is C10H7N5O2. The largest absolute Gasteiger partial charge is 0.477 e. The Balaban J connectivity index is 2.21. The number of nitrogens with zero attached hydrogens (tertiary/aromatic N) is 5. The summed E-state index contributed by atoms with van der Waals surface area (Å²) in [6.45, 7) is 0.274. The summed E-state index contributed by atoms with van der Waals surface area (Å²) in [7, 11) is 0. The molecule has 0 aliphatic heterocycles. The molecule has 1 N–H and O–H groups in total. The number of carbonyl (C=O) groups is 1. The molecule has 0 spiro atoms. The van der Waals surface area contributed by atoms with Crippen LogP contribution in [0.1, 0.15) is 22.0 Å². The number of hydrogen-bond donors (Lipinski definition) is 1. The number of pyridine rings is 1. The summed E-state index contributed by atoms with van der Waals surface area (Å²) in [6, 6.07) is 6.50. The molecule has 17 heavy (non-hydrogen) atoms. The quantitative estimate of drug-likeness (QED) is 0.811. The number of carboxylic acid groups (broad SMARTS) is 1. The molecule has 2 rings (SSSR count). The molecular weight excluding hydrogens is 222 g/mol. The van der Waals surface area contributed by atoms with Crippen molar-refractivity contribution in [1.29, 1.82) is 5.26 Å². The zero-order chi connectivity index (χ0) is 12.3. The maximum atomic E-state index is 10.7. The molecule has 2 heterocycles. The van der Waals surface area contributed by atoms with Gasteiger partial charge in [-0.15, -0.1) is 5.10 Å². The van der Waals surface area contributed by atoms with Gasteiger partial charge in [0, 0.05) is 0 Å². The van der Waals surface area contributed by atoms with Crippen LogP contribution in [0.3, 0.4) is 0 Å². The Bertz CT molecular complexity index is 599. The SMILES string of the molecule is N#Cc1ncn(Cc2cccc(C(=O)O)n2)n1. The van der Waals surface area contributed by atoms with Crippen LogP contribution < -0.4 is 0 Å². The van der Waals surface area contributed by atoms with Gasteiger partial charge in [0.05, 0.1) is 12.2 Å². The summed E-state index contributed by atoms with van der Waals surface area (Å²) in [5.74, 6) is -1.01. The third kappa shape index (κ3) is 2.43. The summed E-state index contributed by atoms with van der Waals surface area (Å²) in [4.78, 5) is 18.4. The van der Waals surface area contributed by atoms with Crippen LogP contribution in [0.25, 0.3) is 0 Å². The minimum absolute atomic E-state index is 0.0249. The lowest BCUT2D eigenvalue weighted by atomic mass is 10.3. The van der Waals surface area contributed by atoms with Gasteiger partial charge in [-0.05, 0) is 12.1 Å². The standard InChI is InChI=1S/C10H7N5O2/c11-4-9-12-6-15(14-9)5-7-2-1-3-8(13-7)10(16)17/h1-3,6H,5H2,(H,16,17). The number of aromatic carboxylic acids is 1. The van der Waals surface area contributed by atoms with Crippen LogP contribution in [-0.4, -0.2) is 30.8 Å². The van der Waals surface area contributed by atoms with Gasteiger partial charge in [-0.2, -0.15) is 5.26 Å². The van der Waals surface area contributed by atoms with Crippen molar-refractivity contribution in [3.8, 4) is 6.07 Å². The minimum Gasteiger partial charge on any atom is -0.477 e. The number of hydrogen-bond acceptors (Lipinski definition) is 5. The van der Waals surface area contributed by atoms with Gasteiger partial charge in [-0.1, -0.05) is 6.07 Å². The molecule has 0 saturated heterocycles. The molecule has 0 saturated carbocycles. The Labute approximate surface area is 96.0 Å². The van der Waals surface area contributed by atoms with E-state index in [9.17, 15) is 4.79 Å². The van der Waals surface area contributed by atoms with Crippen LogP contribution in [0.15, 0.2) is 24.5 Å². The highest BCUT2D eigenvalue weighted by Gasteiger charge is 2.06. The lowest BCUT2D eigenvalue weighted by Gasteiger charge is -2.01. The van der Waals surface area contributed by atoms with E-state index in [1.807, 2.05) is 0 Å². The molecule has 0 amide bonds. The van der Waals surface area contributed by atoms with Crippen molar-refractivity contribution in [3.63, 3.8) is 0 Å². The molecule has 0 atom stereocenters. The molecule has 7 nitrogen and oxygen atoms in total. The van der Waals surface area contributed by atoms with Gasteiger partial charge < -0.3 is 5.11 Å². The number of carboxylic acids is 1. The van der Waals surface area contributed by atoms with E-state index in [1.54, 1.807) is 18.2 Å². The third-order valence-electron chi connectivity index (χ3n) is 1.99. The van der Waals surface area contributed by atoms with Gasteiger partial charge in [0.1, 0.15) is 18.1 Å². The first kappa shape index (κ1) is 10.8. The summed E-state index contributed by atoms with van der Waals surface area (Å²) in [5, 5.41) is 21.2. The first-order chi connectivity index (χ1) is 8.19. The molecule has 0 aromatic carbocycles. The van der Waals surface area contributed by atoms with Crippen molar-refractivity contribution in [2.45, 2.75) is 6.54 Å². The second-order valence-corrected chi connectivity index (χ2v) is 3.20. The van der Waals surface area contributed by atoms with Gasteiger partial charge in [0.25, 0.3) is 5.82 Å². The van der Waals surface area contributed by atoms with Gasteiger partial charge >= 0.3 is 5.97 Å². The maximum Gasteiger partial charge on any atom is 0.354 e. The lowest BCUT2D eigenvalue weighted by Crippen LogP contribution is -2.06. The van der Waals surface area contributed by atoms with E-state index in [0.29, 0.717) is 5.69 Å². The molecule has 2 aromatic heterocycles. The zero-order valence-electron chi connectivity index (χ0n) is 8.61. The van der Waals surface area contributed by atoms with Crippen molar-refractivity contribution in [3.05, 3.63) is 41.7 Å². The van der Waals surface area contributed by atoms with Crippen molar-refractivity contribution < 1.29 is 9.90 Å². The fraction of sp³-hybridized carbons (Fsp3) is 0.100. The molecule has 7 heteroatoms. The third-order valence-corrected chi connectivity index (χ3v) is 1.99. The van der Waals surface area contributed by atoms with Crippen LogP contribution in [0.2, 0.25) is 0 Å². The number of aromatic nitrogens is 4. The van der Waals surface area contributed by atoms with Crippen molar-refractivity contribution in [1.82, 2.24) is 19.7 Å². The smallest absolute Gasteiger partial charge is 0.354 e. The second-order valence-electron chi connectivity index (χ2n) is 3.20. The molecule has 0 radical (unpaired) electrons. The van der Waals surface area contributed by atoms with E-state index in [-0.39, 0.29) is 18.1 Å². The van der Waals surface area contributed by atoms with Gasteiger partial charge in [-0.3, -0.25) is 0 Å². The fourth-order valence-corrected chi connectivity index (χ4v) is 1.27. The Morgan fingerprint density at radius 2 is 2.35 bits per heavy atom. The Morgan fingerprint density at radius 1 is 1.53 bits per heavy atom. The van der Waals surface area contributed by atoms with E-state index in [2.05, 4.69) is 15.1 Å². The molecule has 0 unspecified atom stereocenters. The summed E-state index contributed by atoms with van der Waals surface area (Å²) >= 11 is 0. The molecule has 84 valence electrons. The van der Waals surface area contributed by atoms with Crippen molar-refractivity contribution >= 4 is 5.97 Å². The van der Waals surface area contributed by atoms with E-state index in [4.69, 9.17) is 10.4 Å². The van der Waals surface area contributed by atoms with Crippen LogP contribution in [0.4, 0.5) is 0 Å². The highest BCUT2D eigenvalue weighted by molar-refractivity contribution is 5.85. The van der Waals surface area contributed by atoms with Crippen molar-refractivity contribution in [2.75, 3.05) is 0 Å². The summed E-state index contributed by atoms with van der Waals surface area (Å²) in [6.07, 6.45) is 1.40. The number of rotatable bonds is 3. The first-order valence-corrected chi connectivity index (χ1v) is 4.68. The van der Waals surface area contributed by atoms with Crippen LogP contribution in [0.5, 0.6) is 0 Å². The van der Waals surface area contributed by atoms with Crippen LogP contribution in [0, 0.1) is 11.3 Å². The molecule has 2 aromatic rings. The van der Waals surface area contributed by atoms with Gasteiger partial charge in [-0.25, -0.2) is 19.4 Å². The van der Waals surface area contributed by atoms with E-state index in [0.717, 1.165) is 0 Å². The highest BCUT2D eigenvalue weighted by Crippen LogP contribution is 2.01. The summed E-state index contributed by atoms with van der Waals surface area (Å²) < 4.78 is 1.42. The van der Waals surface area contributed by atoms with E-state index >= 15 is 0 Å². The maximum absolute atomic E-state index is 10.7. The predicted octanol–water partition coefficient (Wildman–Crippen LogP) is 0.291. The second kappa shape index (κ2) is 4.40. The normalized spacial score (nSPS) is 9.82. The van der Waals surface area contributed by atoms with E-state index < -0.39 is 5.97 Å². The topological polar surface area (TPSA) is 105 Å². The highest BCUT2D eigenvalue weighted by atomic mass is 16.4. The van der Waals surface area contributed by atoms with Gasteiger partial charge in [0.2, 0.25) is 0 Å². The van der Waals surface area contributed by atoms with Gasteiger partial charge in [0.15, 0.2) is 0 Å². The zero-order valence-corrected chi connectivity index (χ0v) is 8.61. The first-order valence-electron chi connectivity index (χ1n) is 4.68. The summed E-state index contributed by atoms with van der Waals surface area (Å²) in [5.41, 5.74) is 0.516. The number of nitriles is 1. The average molecular weight is 229 g/mol. The van der Waals surface area contributed by atoms with Crippen molar-refractivity contribution in [2.24, 2.45) is 0 Å². The molecule has 0 bridgehead atoms. The lowest BCUT2D eigenvalue weighted by molar-refractivity contribution is 0.0690.